The fraction of sp³-hybridized carbons (Fsp3) is 0.381. The summed E-state index contributed by atoms with van der Waals surface area (Å²) in [6.45, 7) is 8.57. The van der Waals surface area contributed by atoms with E-state index in [-0.39, 0.29) is 17.4 Å². The lowest BCUT2D eigenvalue weighted by molar-refractivity contribution is -0.119. The number of amides is 1. The number of hydrogen-bond acceptors (Lipinski definition) is 2. The maximum absolute atomic E-state index is 12.2. The first-order chi connectivity index (χ1) is 12.2. The molecule has 0 aliphatic carbocycles. The highest BCUT2D eigenvalue weighted by molar-refractivity contribution is 7.99. The Bertz CT molecular complexity index is 733. The Labute approximate surface area is 170 Å². The van der Waals surface area contributed by atoms with E-state index in [0.29, 0.717) is 21.6 Å². The highest BCUT2D eigenvalue weighted by Gasteiger charge is 2.15. The summed E-state index contributed by atoms with van der Waals surface area (Å²) in [7, 11) is 0. The van der Waals surface area contributed by atoms with E-state index in [1.54, 1.807) is 0 Å². The van der Waals surface area contributed by atoms with Crippen molar-refractivity contribution in [3.63, 3.8) is 0 Å². The summed E-state index contributed by atoms with van der Waals surface area (Å²) >= 11 is 13.8. The average molecular weight is 410 g/mol. The van der Waals surface area contributed by atoms with E-state index in [2.05, 4.69) is 50.4 Å². The molecule has 2 aromatic carbocycles. The molecule has 1 atom stereocenters. The molecule has 140 valence electrons. The molecule has 0 spiro atoms. The van der Waals surface area contributed by atoms with Crippen LogP contribution in [0.15, 0.2) is 42.5 Å². The third-order valence-corrected chi connectivity index (χ3v) is 5.86. The second-order valence-electron chi connectivity index (χ2n) is 7.35. The van der Waals surface area contributed by atoms with Crippen molar-refractivity contribution in [1.82, 2.24) is 5.32 Å². The van der Waals surface area contributed by atoms with E-state index in [1.807, 2.05) is 25.1 Å². The molecule has 26 heavy (non-hydrogen) atoms. The number of hydrogen-bond donors (Lipinski definition) is 1. The van der Waals surface area contributed by atoms with Crippen LogP contribution in [0, 0.1) is 0 Å². The van der Waals surface area contributed by atoms with Gasteiger partial charge in [0.15, 0.2) is 0 Å². The van der Waals surface area contributed by atoms with Crippen molar-refractivity contribution >= 4 is 40.9 Å². The fourth-order valence-electron chi connectivity index (χ4n) is 2.55. The van der Waals surface area contributed by atoms with Crippen molar-refractivity contribution in [3.05, 3.63) is 69.2 Å². The highest BCUT2D eigenvalue weighted by atomic mass is 35.5. The summed E-state index contributed by atoms with van der Waals surface area (Å²) in [5.74, 6) is 0.984. The number of benzene rings is 2. The van der Waals surface area contributed by atoms with Gasteiger partial charge in [-0.15, -0.1) is 11.8 Å². The Balaban J connectivity index is 1.85. The van der Waals surface area contributed by atoms with Crippen LogP contribution in [0.3, 0.4) is 0 Å². The molecule has 0 aliphatic rings. The Kier molecular flexibility index (Phi) is 7.45. The van der Waals surface area contributed by atoms with Crippen LogP contribution in [0.1, 0.15) is 50.4 Å². The van der Waals surface area contributed by atoms with Crippen LogP contribution in [-0.2, 0) is 16.0 Å². The first kappa shape index (κ1) is 21.1. The molecule has 2 aromatic rings. The van der Waals surface area contributed by atoms with Crippen molar-refractivity contribution in [3.8, 4) is 0 Å². The van der Waals surface area contributed by atoms with Gasteiger partial charge in [-0.1, -0.05) is 74.3 Å². The monoisotopic (exact) mass is 409 g/mol. The smallest absolute Gasteiger partial charge is 0.230 e. The van der Waals surface area contributed by atoms with Crippen LogP contribution in [0.5, 0.6) is 0 Å². The van der Waals surface area contributed by atoms with Crippen LogP contribution in [0.25, 0.3) is 0 Å². The van der Waals surface area contributed by atoms with Gasteiger partial charge in [-0.25, -0.2) is 0 Å². The van der Waals surface area contributed by atoms with Gasteiger partial charge < -0.3 is 5.32 Å². The molecule has 1 amide bonds. The quantitative estimate of drug-likeness (QED) is 0.597. The number of carbonyl (C=O) groups excluding carboxylic acids is 1. The minimum absolute atomic E-state index is 0.00516. The Hall–Kier alpha value is -1.16. The van der Waals surface area contributed by atoms with Gasteiger partial charge in [0, 0.05) is 15.8 Å². The molecule has 0 saturated carbocycles. The summed E-state index contributed by atoms with van der Waals surface area (Å²) in [4.78, 5) is 12.2. The van der Waals surface area contributed by atoms with Crippen molar-refractivity contribution in [2.75, 3.05) is 5.75 Å². The normalized spacial score (nSPS) is 12.7. The lowest BCUT2D eigenvalue weighted by Gasteiger charge is -2.20. The SMILES string of the molecule is C[C@@H](NC(=O)CSCc1c(Cl)cccc1Cl)c1ccc(C(C)(C)C)cc1. The number of nitrogens with one attached hydrogen (secondary N) is 1. The van der Waals surface area contributed by atoms with Gasteiger partial charge in [0.25, 0.3) is 0 Å². The van der Waals surface area contributed by atoms with Gasteiger partial charge in [-0.2, -0.15) is 0 Å². The molecule has 0 aliphatic heterocycles. The summed E-state index contributed by atoms with van der Waals surface area (Å²) in [6.07, 6.45) is 0. The molecule has 0 aromatic heterocycles. The van der Waals surface area contributed by atoms with Gasteiger partial charge in [0.05, 0.1) is 11.8 Å². The lowest BCUT2D eigenvalue weighted by atomic mass is 9.86. The Morgan fingerprint density at radius 1 is 1.08 bits per heavy atom. The van der Waals surface area contributed by atoms with Crippen molar-refractivity contribution in [2.24, 2.45) is 0 Å². The molecule has 0 saturated heterocycles. The summed E-state index contributed by atoms with van der Waals surface area (Å²) < 4.78 is 0. The predicted molar refractivity (Wildman–Crippen MR) is 114 cm³/mol. The molecule has 0 radical (unpaired) electrons. The van der Waals surface area contributed by atoms with Crippen molar-refractivity contribution in [2.45, 2.75) is 44.9 Å². The zero-order valence-corrected chi connectivity index (χ0v) is 17.9. The van der Waals surface area contributed by atoms with Gasteiger partial charge >= 0.3 is 0 Å². The maximum atomic E-state index is 12.2. The predicted octanol–water partition coefficient (Wildman–Crippen LogP) is 6.40. The standard InChI is InChI=1S/C21H25Cl2NOS/c1-14(15-8-10-16(11-9-15)21(2,3)4)24-20(25)13-26-12-17-18(22)6-5-7-19(17)23/h5-11,14H,12-13H2,1-4H3,(H,24,25)/t14-/m1/s1. The second kappa shape index (κ2) is 9.16. The maximum Gasteiger partial charge on any atom is 0.230 e. The number of halogens is 2. The zero-order valence-electron chi connectivity index (χ0n) is 15.6. The summed E-state index contributed by atoms with van der Waals surface area (Å²) in [6, 6.07) is 13.8. The van der Waals surface area contributed by atoms with E-state index >= 15 is 0 Å². The molecule has 0 heterocycles. The van der Waals surface area contributed by atoms with Gasteiger partial charge in [0.1, 0.15) is 0 Å². The third-order valence-electron chi connectivity index (χ3n) is 4.20. The summed E-state index contributed by atoms with van der Waals surface area (Å²) in [5, 5.41) is 4.32. The largest absolute Gasteiger partial charge is 0.349 e. The van der Waals surface area contributed by atoms with Crippen molar-refractivity contribution < 1.29 is 4.79 Å². The Morgan fingerprint density at radius 2 is 1.65 bits per heavy atom. The van der Waals surface area contributed by atoms with E-state index in [4.69, 9.17) is 23.2 Å². The van der Waals surface area contributed by atoms with Gasteiger partial charge in [-0.05, 0) is 41.2 Å². The van der Waals surface area contributed by atoms with Crippen LogP contribution >= 0.6 is 35.0 Å². The number of carbonyl (C=O) groups is 1. The zero-order chi connectivity index (χ0) is 19.3. The molecule has 2 rings (SSSR count). The van der Waals surface area contributed by atoms with Crippen LogP contribution in [-0.4, -0.2) is 11.7 Å². The molecule has 0 fully saturated rings. The van der Waals surface area contributed by atoms with E-state index < -0.39 is 0 Å². The average Bonchev–Trinajstić information content (AvgIpc) is 2.57. The Morgan fingerprint density at radius 3 is 2.19 bits per heavy atom. The highest BCUT2D eigenvalue weighted by Crippen LogP contribution is 2.28. The summed E-state index contributed by atoms with van der Waals surface area (Å²) in [5.41, 5.74) is 3.39. The van der Waals surface area contributed by atoms with E-state index in [1.165, 1.54) is 17.3 Å². The molecular formula is C21H25Cl2NOS. The minimum Gasteiger partial charge on any atom is -0.349 e. The van der Waals surface area contributed by atoms with E-state index in [0.717, 1.165) is 11.1 Å². The van der Waals surface area contributed by atoms with Gasteiger partial charge in [-0.3, -0.25) is 4.79 Å². The molecule has 0 bridgehead atoms. The minimum atomic E-state index is -0.0268. The van der Waals surface area contributed by atoms with Crippen LogP contribution < -0.4 is 5.32 Å². The number of rotatable bonds is 6. The molecule has 2 nitrogen and oxygen atoms in total. The lowest BCUT2D eigenvalue weighted by Crippen LogP contribution is -2.28. The number of thioether (sulfide) groups is 1. The molecule has 5 heteroatoms. The molecule has 0 unspecified atom stereocenters. The van der Waals surface area contributed by atoms with Crippen LogP contribution in [0.4, 0.5) is 0 Å². The first-order valence-electron chi connectivity index (χ1n) is 8.59. The third kappa shape index (κ3) is 5.94. The van der Waals surface area contributed by atoms with E-state index in [9.17, 15) is 4.79 Å². The fourth-order valence-corrected chi connectivity index (χ4v) is 4.13. The van der Waals surface area contributed by atoms with Gasteiger partial charge in [0.2, 0.25) is 5.91 Å². The van der Waals surface area contributed by atoms with Crippen LogP contribution in [0.2, 0.25) is 10.0 Å². The second-order valence-corrected chi connectivity index (χ2v) is 9.15. The molecule has 1 N–H and O–H groups in total. The van der Waals surface area contributed by atoms with Crippen molar-refractivity contribution in [1.29, 1.82) is 0 Å². The molecular weight excluding hydrogens is 385 g/mol. The first-order valence-corrected chi connectivity index (χ1v) is 10.5. The topological polar surface area (TPSA) is 29.1 Å².